The fourth-order valence-electron chi connectivity index (χ4n) is 2.37. The smallest absolute Gasteiger partial charge is 0.275 e. The van der Waals surface area contributed by atoms with Crippen LogP contribution in [0.3, 0.4) is 0 Å². The summed E-state index contributed by atoms with van der Waals surface area (Å²) in [6.45, 7) is 3.64. The molecule has 1 N–H and O–H groups in total. The average molecular weight is 307 g/mol. The number of amides is 2. The summed E-state index contributed by atoms with van der Waals surface area (Å²) in [5.41, 5.74) is 1.26. The zero-order chi connectivity index (χ0) is 16.4. The van der Waals surface area contributed by atoms with Gasteiger partial charge in [-0.05, 0) is 18.2 Å². The van der Waals surface area contributed by atoms with Crippen LogP contribution in [0.5, 0.6) is 0 Å². The normalized spacial score (nSPS) is 16.3. The lowest BCUT2D eigenvalue weighted by Crippen LogP contribution is -2.33. The van der Waals surface area contributed by atoms with E-state index < -0.39 is 6.04 Å². The lowest BCUT2D eigenvalue weighted by Gasteiger charge is -2.17. The van der Waals surface area contributed by atoms with E-state index in [4.69, 9.17) is 0 Å². The van der Waals surface area contributed by atoms with Gasteiger partial charge in [-0.1, -0.05) is 44.2 Å². The van der Waals surface area contributed by atoms with Gasteiger partial charge in [0, 0.05) is 17.2 Å². The first-order chi connectivity index (χ1) is 11.1. The second-order valence-corrected chi connectivity index (χ2v) is 5.70. The Labute approximate surface area is 133 Å². The Kier molecular flexibility index (Phi) is 4.02. The highest BCUT2D eigenvalue weighted by molar-refractivity contribution is 5.94. The van der Waals surface area contributed by atoms with E-state index in [-0.39, 0.29) is 17.7 Å². The van der Waals surface area contributed by atoms with Crippen LogP contribution in [-0.2, 0) is 9.59 Å². The molecular formula is C18H17N3O2. The summed E-state index contributed by atoms with van der Waals surface area (Å²) in [6.07, 6.45) is 0. The van der Waals surface area contributed by atoms with Gasteiger partial charge in [0.15, 0.2) is 6.04 Å². The summed E-state index contributed by atoms with van der Waals surface area (Å²) < 4.78 is 0. The molecule has 5 heteroatoms. The van der Waals surface area contributed by atoms with Crippen molar-refractivity contribution in [1.29, 1.82) is 0 Å². The molecule has 1 aliphatic heterocycles. The van der Waals surface area contributed by atoms with Gasteiger partial charge in [0.25, 0.3) is 5.91 Å². The summed E-state index contributed by atoms with van der Waals surface area (Å²) in [4.78, 5) is 33.0. The van der Waals surface area contributed by atoms with Crippen molar-refractivity contribution < 1.29 is 9.59 Å². The van der Waals surface area contributed by atoms with Crippen molar-refractivity contribution in [3.63, 3.8) is 0 Å². The molecule has 116 valence electrons. The second kappa shape index (κ2) is 6.12. The van der Waals surface area contributed by atoms with Crippen LogP contribution in [0.4, 0.5) is 5.69 Å². The molecule has 0 saturated heterocycles. The molecule has 0 spiro atoms. The number of benzene rings is 2. The maximum Gasteiger partial charge on any atom is 0.275 e. The fraction of sp³-hybridized carbons (Fsp3) is 0.222. The zero-order valence-electron chi connectivity index (χ0n) is 13.0. The van der Waals surface area contributed by atoms with Gasteiger partial charge in [-0.15, -0.1) is 0 Å². The lowest BCUT2D eigenvalue weighted by molar-refractivity contribution is -0.120. The highest BCUT2D eigenvalue weighted by atomic mass is 16.2. The number of hydrogen-bond acceptors (Lipinski definition) is 3. The molecule has 0 aromatic heterocycles. The number of nitrogens with one attached hydrogen (secondary N) is 1. The minimum absolute atomic E-state index is 0.0990. The predicted octanol–water partition coefficient (Wildman–Crippen LogP) is 1.80. The molecule has 0 saturated carbocycles. The molecular weight excluding hydrogens is 290 g/mol. The molecule has 23 heavy (non-hydrogen) atoms. The van der Waals surface area contributed by atoms with Crippen LogP contribution < -0.4 is 16.0 Å². The van der Waals surface area contributed by atoms with E-state index in [1.807, 2.05) is 44.2 Å². The standard InChI is InChI=1S/C18H17N3O2/c1-11(2)17(22)20-13-8-4-3-7-12(13)16-18(23)21-15-10-6-5-9-14(15)19-16/h3-11,16H,1-2H3,(H,20,22). The third kappa shape index (κ3) is 3.04. The van der Waals surface area contributed by atoms with Crippen LogP contribution in [0.25, 0.3) is 0 Å². The van der Waals surface area contributed by atoms with Gasteiger partial charge in [0.2, 0.25) is 5.91 Å². The van der Waals surface area contributed by atoms with Crippen molar-refractivity contribution in [2.45, 2.75) is 19.9 Å². The van der Waals surface area contributed by atoms with E-state index in [1.165, 1.54) is 0 Å². The van der Waals surface area contributed by atoms with Crippen LogP contribution in [0.15, 0.2) is 58.5 Å². The molecule has 1 atom stereocenters. The van der Waals surface area contributed by atoms with E-state index in [1.54, 1.807) is 18.2 Å². The molecule has 2 aromatic carbocycles. The summed E-state index contributed by atoms with van der Waals surface area (Å²) in [7, 11) is 0. The zero-order valence-corrected chi connectivity index (χ0v) is 13.0. The van der Waals surface area contributed by atoms with Crippen molar-refractivity contribution in [3.05, 3.63) is 64.8 Å². The summed E-state index contributed by atoms with van der Waals surface area (Å²) in [6, 6.07) is 13.8. The molecule has 1 aliphatic rings. The fourth-order valence-corrected chi connectivity index (χ4v) is 2.37. The SMILES string of the molecule is CC(C)C(=O)Nc1ccccc1C1N=c2ccccc2=NC1=O. The van der Waals surface area contributed by atoms with Crippen LogP contribution in [0.1, 0.15) is 25.5 Å². The molecule has 0 aliphatic carbocycles. The number of anilines is 1. The molecule has 1 unspecified atom stereocenters. The lowest BCUT2D eigenvalue weighted by atomic mass is 10.0. The molecule has 5 nitrogen and oxygen atoms in total. The van der Waals surface area contributed by atoms with E-state index >= 15 is 0 Å². The van der Waals surface area contributed by atoms with Crippen molar-refractivity contribution in [1.82, 2.24) is 0 Å². The van der Waals surface area contributed by atoms with Crippen LogP contribution >= 0.6 is 0 Å². The van der Waals surface area contributed by atoms with Crippen molar-refractivity contribution in [3.8, 4) is 0 Å². The largest absolute Gasteiger partial charge is 0.326 e. The van der Waals surface area contributed by atoms with Crippen molar-refractivity contribution in [2.24, 2.45) is 15.9 Å². The first-order valence-corrected chi connectivity index (χ1v) is 7.51. The van der Waals surface area contributed by atoms with Crippen LogP contribution in [0.2, 0.25) is 0 Å². The van der Waals surface area contributed by atoms with Gasteiger partial charge < -0.3 is 5.32 Å². The number of carbonyl (C=O) groups excluding carboxylic acids is 2. The van der Waals surface area contributed by atoms with E-state index in [0.717, 1.165) is 0 Å². The monoisotopic (exact) mass is 307 g/mol. The number of carbonyl (C=O) groups is 2. The number of hydrogen-bond donors (Lipinski definition) is 1. The molecule has 0 radical (unpaired) electrons. The van der Waals surface area contributed by atoms with Gasteiger partial charge >= 0.3 is 0 Å². The highest BCUT2D eigenvalue weighted by Gasteiger charge is 2.25. The number of nitrogens with zero attached hydrogens (tertiary/aromatic N) is 2. The Bertz CT molecular complexity index is 887. The van der Waals surface area contributed by atoms with Gasteiger partial charge in [0.05, 0.1) is 10.7 Å². The van der Waals surface area contributed by atoms with Gasteiger partial charge in [-0.25, -0.2) is 4.99 Å². The highest BCUT2D eigenvalue weighted by Crippen LogP contribution is 2.27. The van der Waals surface area contributed by atoms with Gasteiger partial charge in [0.1, 0.15) is 0 Å². The Hall–Kier alpha value is -2.82. The first-order valence-electron chi connectivity index (χ1n) is 7.51. The molecule has 1 heterocycles. The van der Waals surface area contributed by atoms with Gasteiger partial charge in [-0.3, -0.25) is 14.6 Å². The molecule has 0 fully saturated rings. The third-order valence-electron chi connectivity index (χ3n) is 3.65. The summed E-state index contributed by atoms with van der Waals surface area (Å²) in [5.74, 6) is -0.569. The maximum absolute atomic E-state index is 12.4. The number of fused-ring (bicyclic) bond motifs is 1. The third-order valence-corrected chi connectivity index (χ3v) is 3.65. The predicted molar refractivity (Wildman–Crippen MR) is 86.4 cm³/mol. The topological polar surface area (TPSA) is 70.9 Å². The Morgan fingerprint density at radius 3 is 2.43 bits per heavy atom. The quantitative estimate of drug-likeness (QED) is 0.939. The average Bonchev–Trinajstić information content (AvgIpc) is 2.54. The Morgan fingerprint density at radius 1 is 1.04 bits per heavy atom. The number of rotatable bonds is 3. The van der Waals surface area contributed by atoms with Crippen molar-refractivity contribution in [2.75, 3.05) is 5.32 Å². The van der Waals surface area contributed by atoms with E-state index in [2.05, 4.69) is 15.3 Å². The molecule has 3 rings (SSSR count). The second-order valence-electron chi connectivity index (χ2n) is 5.70. The van der Waals surface area contributed by atoms with Crippen LogP contribution in [0, 0.1) is 5.92 Å². The maximum atomic E-state index is 12.4. The summed E-state index contributed by atoms with van der Waals surface area (Å²) in [5, 5.41) is 4.12. The molecule has 0 bridgehead atoms. The van der Waals surface area contributed by atoms with Gasteiger partial charge in [-0.2, -0.15) is 0 Å². The minimum Gasteiger partial charge on any atom is -0.326 e. The van der Waals surface area contributed by atoms with E-state index in [9.17, 15) is 9.59 Å². The summed E-state index contributed by atoms with van der Waals surface area (Å²) >= 11 is 0. The Balaban J connectivity index is 2.04. The van der Waals surface area contributed by atoms with Crippen molar-refractivity contribution >= 4 is 17.5 Å². The number of para-hydroxylation sites is 3. The van der Waals surface area contributed by atoms with Crippen LogP contribution in [-0.4, -0.2) is 11.8 Å². The van der Waals surface area contributed by atoms with E-state index in [0.29, 0.717) is 22.0 Å². The minimum atomic E-state index is -0.728. The first kappa shape index (κ1) is 15.1. The molecule has 2 amide bonds. The Morgan fingerprint density at radius 2 is 1.70 bits per heavy atom. The molecule has 2 aromatic rings.